The lowest BCUT2D eigenvalue weighted by Gasteiger charge is -2.25. The maximum absolute atomic E-state index is 12.3. The molecule has 0 aliphatic rings. The van der Waals surface area contributed by atoms with E-state index in [0.717, 1.165) is 16.6 Å². The van der Waals surface area contributed by atoms with Gasteiger partial charge in [0.15, 0.2) is 5.65 Å². The second kappa shape index (κ2) is 8.39. The van der Waals surface area contributed by atoms with Crippen molar-refractivity contribution in [1.82, 2.24) is 19.1 Å². The summed E-state index contributed by atoms with van der Waals surface area (Å²) in [6.45, 7) is 1.23. The predicted octanol–water partition coefficient (Wildman–Crippen LogP) is 0.894. The lowest BCUT2D eigenvalue weighted by Crippen LogP contribution is -2.39. The highest BCUT2D eigenvalue weighted by atomic mass is 32.1. The van der Waals surface area contributed by atoms with Crippen LogP contribution in [0, 0.1) is 4.64 Å². The van der Waals surface area contributed by atoms with E-state index in [1.165, 1.54) is 4.57 Å². The molecule has 0 atom stereocenters. The van der Waals surface area contributed by atoms with Crippen molar-refractivity contribution in [3.63, 3.8) is 0 Å². The van der Waals surface area contributed by atoms with Crippen LogP contribution in [0.5, 0.6) is 0 Å². The van der Waals surface area contributed by atoms with Gasteiger partial charge in [0, 0.05) is 7.05 Å². The van der Waals surface area contributed by atoms with Crippen molar-refractivity contribution in [3.8, 4) is 0 Å². The van der Waals surface area contributed by atoms with E-state index in [1.54, 1.807) is 17.9 Å². The molecule has 7 nitrogen and oxygen atoms in total. The standard InChI is InChI=1S/C13H12N4OS.C5H13NO/c1-16-12(19)10-11(15-8-14-10)17(13(16)18)7-9-5-3-2-4-6-9;1-6(2,3)4-5-7/h2-6,8H,7H2,1H3,(H,14,15);4-5H2,1-3H3. The fourth-order valence-electron chi connectivity index (χ4n) is 2.36. The van der Waals surface area contributed by atoms with Crippen molar-refractivity contribution in [2.75, 3.05) is 34.3 Å². The molecule has 0 saturated heterocycles. The molecule has 3 rings (SSSR count). The Morgan fingerprint density at radius 1 is 1.23 bits per heavy atom. The lowest BCUT2D eigenvalue weighted by molar-refractivity contribution is -0.875. The van der Waals surface area contributed by atoms with E-state index in [0.29, 0.717) is 22.3 Å². The highest BCUT2D eigenvalue weighted by Gasteiger charge is 2.10. The Balaban J connectivity index is 0.000000298. The van der Waals surface area contributed by atoms with Crippen molar-refractivity contribution in [3.05, 3.63) is 57.3 Å². The Hall–Kier alpha value is -2.29. The second-order valence-electron chi connectivity index (χ2n) is 7.04. The Morgan fingerprint density at radius 3 is 2.42 bits per heavy atom. The molecule has 26 heavy (non-hydrogen) atoms. The zero-order valence-electron chi connectivity index (χ0n) is 15.6. The van der Waals surface area contributed by atoms with Crippen molar-refractivity contribution in [2.24, 2.45) is 7.05 Å². The first-order valence-corrected chi connectivity index (χ1v) is 8.71. The van der Waals surface area contributed by atoms with E-state index in [-0.39, 0.29) is 12.3 Å². The minimum atomic E-state index is -0.159. The number of fused-ring (bicyclic) bond motifs is 1. The van der Waals surface area contributed by atoms with E-state index in [4.69, 9.17) is 12.2 Å². The molecule has 0 amide bonds. The van der Waals surface area contributed by atoms with Gasteiger partial charge in [-0.3, -0.25) is 9.13 Å². The normalized spacial score (nSPS) is 11.3. The summed E-state index contributed by atoms with van der Waals surface area (Å²) in [6, 6.07) is 9.80. The maximum atomic E-state index is 12.3. The van der Waals surface area contributed by atoms with E-state index in [9.17, 15) is 9.90 Å². The summed E-state index contributed by atoms with van der Waals surface area (Å²) in [5, 5.41) is 9.93. The lowest BCUT2D eigenvalue weighted by atomic mass is 10.2. The zero-order chi connectivity index (χ0) is 19.3. The minimum Gasteiger partial charge on any atom is -0.850 e. The number of aromatic nitrogens is 4. The molecule has 0 radical (unpaired) electrons. The van der Waals surface area contributed by atoms with Gasteiger partial charge in [-0.25, -0.2) is 9.78 Å². The predicted molar refractivity (Wildman–Crippen MR) is 103 cm³/mol. The summed E-state index contributed by atoms with van der Waals surface area (Å²) < 4.78 is 4.33. The van der Waals surface area contributed by atoms with Crippen LogP contribution in [0.1, 0.15) is 5.56 Å². The topological polar surface area (TPSA) is 78.7 Å². The molecule has 8 heteroatoms. The van der Waals surface area contributed by atoms with Gasteiger partial charge in [0.1, 0.15) is 10.2 Å². The van der Waals surface area contributed by atoms with Crippen LogP contribution in [0.2, 0.25) is 0 Å². The second-order valence-corrected chi connectivity index (χ2v) is 7.42. The van der Waals surface area contributed by atoms with Gasteiger partial charge in [0.2, 0.25) is 0 Å². The number of rotatable bonds is 4. The molecule has 0 spiro atoms. The average Bonchev–Trinajstić information content (AvgIpc) is 3.07. The third-order valence-corrected chi connectivity index (χ3v) is 4.33. The molecule has 3 aromatic rings. The first kappa shape index (κ1) is 20.0. The highest BCUT2D eigenvalue weighted by molar-refractivity contribution is 7.71. The van der Waals surface area contributed by atoms with Gasteiger partial charge in [0.05, 0.1) is 40.6 Å². The highest BCUT2D eigenvalue weighted by Crippen LogP contribution is 2.10. The Labute approximate surface area is 157 Å². The van der Waals surface area contributed by atoms with Crippen molar-refractivity contribution in [1.29, 1.82) is 0 Å². The molecule has 1 N–H and O–H groups in total. The third kappa shape index (κ3) is 4.87. The molecule has 2 aromatic heterocycles. The molecular weight excluding hydrogens is 350 g/mol. The molecule has 0 aliphatic carbocycles. The molecule has 0 unspecified atom stereocenters. The largest absolute Gasteiger partial charge is 0.850 e. The number of benzene rings is 1. The number of nitrogens with one attached hydrogen (secondary N) is 1. The molecule has 0 bridgehead atoms. The van der Waals surface area contributed by atoms with Crippen LogP contribution in [-0.4, -0.2) is 57.9 Å². The van der Waals surface area contributed by atoms with Crippen LogP contribution in [0.4, 0.5) is 0 Å². The number of nitrogens with zero attached hydrogens (tertiary/aromatic N) is 4. The van der Waals surface area contributed by atoms with E-state index < -0.39 is 0 Å². The fourth-order valence-corrected chi connectivity index (χ4v) is 2.59. The molecule has 2 heterocycles. The number of quaternary nitrogens is 1. The van der Waals surface area contributed by atoms with E-state index in [2.05, 4.69) is 9.97 Å². The number of likely N-dealkylation sites (N-methyl/N-ethyl adjacent to an activating group) is 1. The summed E-state index contributed by atoms with van der Waals surface area (Å²) >= 11 is 5.24. The number of aromatic amines is 1. The first-order valence-electron chi connectivity index (χ1n) is 8.30. The smallest absolute Gasteiger partial charge is 0.330 e. The third-order valence-electron chi connectivity index (χ3n) is 3.86. The van der Waals surface area contributed by atoms with Gasteiger partial charge in [-0.15, -0.1) is 0 Å². The number of hydrogen-bond acceptors (Lipinski definition) is 4. The molecule has 1 aromatic carbocycles. The van der Waals surface area contributed by atoms with Crippen molar-refractivity contribution >= 4 is 23.4 Å². The van der Waals surface area contributed by atoms with Crippen molar-refractivity contribution < 1.29 is 9.59 Å². The van der Waals surface area contributed by atoms with Gasteiger partial charge >= 0.3 is 5.69 Å². The van der Waals surface area contributed by atoms with E-state index >= 15 is 0 Å². The average molecular weight is 375 g/mol. The van der Waals surface area contributed by atoms with Crippen LogP contribution < -0.4 is 10.8 Å². The monoisotopic (exact) mass is 375 g/mol. The number of imidazole rings is 1. The maximum Gasteiger partial charge on any atom is 0.330 e. The molecule has 0 saturated carbocycles. The van der Waals surface area contributed by atoms with Gasteiger partial charge < -0.3 is 14.6 Å². The fraction of sp³-hybridized carbons (Fsp3) is 0.389. The van der Waals surface area contributed by atoms with Gasteiger partial charge in [-0.1, -0.05) is 49.2 Å². The first-order chi connectivity index (χ1) is 12.2. The zero-order valence-corrected chi connectivity index (χ0v) is 16.4. The molecule has 0 fully saturated rings. The summed E-state index contributed by atoms with van der Waals surface area (Å²) in [5.74, 6) is 0. The van der Waals surface area contributed by atoms with Crippen LogP contribution >= 0.6 is 12.2 Å². The minimum absolute atomic E-state index is 0.0312. The van der Waals surface area contributed by atoms with Crippen LogP contribution in [0.25, 0.3) is 11.2 Å². The molecule has 0 aliphatic heterocycles. The molecular formula is C18H25N5O2S. The van der Waals surface area contributed by atoms with E-state index in [1.807, 2.05) is 51.5 Å². The summed E-state index contributed by atoms with van der Waals surface area (Å²) in [4.78, 5) is 19.5. The van der Waals surface area contributed by atoms with Crippen molar-refractivity contribution in [2.45, 2.75) is 6.54 Å². The van der Waals surface area contributed by atoms with Crippen LogP contribution in [-0.2, 0) is 13.6 Å². The number of H-pyrrole nitrogens is 1. The Bertz CT molecular complexity index is 967. The number of hydrogen-bond donors (Lipinski definition) is 1. The summed E-state index contributed by atoms with van der Waals surface area (Å²) in [6.07, 6.45) is 1.56. The molecule has 140 valence electrons. The Morgan fingerprint density at radius 2 is 1.88 bits per heavy atom. The van der Waals surface area contributed by atoms with Gasteiger partial charge in [0.25, 0.3) is 0 Å². The Kier molecular flexibility index (Phi) is 6.47. The van der Waals surface area contributed by atoms with Gasteiger partial charge in [-0.05, 0) is 5.56 Å². The van der Waals surface area contributed by atoms with Crippen LogP contribution in [0.3, 0.4) is 0 Å². The van der Waals surface area contributed by atoms with Gasteiger partial charge in [-0.2, -0.15) is 0 Å². The quantitative estimate of drug-likeness (QED) is 0.543. The summed E-state index contributed by atoms with van der Waals surface area (Å²) in [7, 11) is 7.71. The van der Waals surface area contributed by atoms with Crippen LogP contribution in [0.15, 0.2) is 41.5 Å². The summed E-state index contributed by atoms with van der Waals surface area (Å²) in [5.41, 5.74) is 2.20. The SMILES string of the molecule is C[N+](C)(C)CC[O-].Cn1c(=S)c2[nH]cnc2n(Cc2ccccc2)c1=O.